The van der Waals surface area contributed by atoms with Crippen molar-refractivity contribution in [3.05, 3.63) is 29.8 Å². The molecule has 1 aliphatic rings. The van der Waals surface area contributed by atoms with E-state index in [2.05, 4.69) is 28.8 Å². The lowest BCUT2D eigenvalue weighted by Gasteiger charge is -2.31. The molecule has 104 valence electrons. The predicted molar refractivity (Wildman–Crippen MR) is 80.4 cm³/mol. The summed E-state index contributed by atoms with van der Waals surface area (Å²) < 4.78 is 0. The van der Waals surface area contributed by atoms with Gasteiger partial charge >= 0.3 is 0 Å². The van der Waals surface area contributed by atoms with Crippen molar-refractivity contribution in [1.29, 1.82) is 0 Å². The summed E-state index contributed by atoms with van der Waals surface area (Å²) in [6.45, 7) is 6.66. The summed E-state index contributed by atoms with van der Waals surface area (Å²) in [5.74, 6) is 1.13. The number of rotatable bonds is 4. The Hall–Kier alpha value is -1.00. The summed E-state index contributed by atoms with van der Waals surface area (Å²) in [5.41, 5.74) is 0.730. The molecule has 0 bridgehead atoms. The van der Waals surface area contributed by atoms with E-state index in [1.165, 1.54) is 10.5 Å². The zero-order valence-electron chi connectivity index (χ0n) is 11.8. The van der Waals surface area contributed by atoms with Gasteiger partial charge in [0.05, 0.1) is 11.6 Å². The van der Waals surface area contributed by atoms with Crippen LogP contribution in [0.3, 0.4) is 0 Å². The summed E-state index contributed by atoms with van der Waals surface area (Å²) in [7, 11) is 0. The second-order valence-electron chi connectivity index (χ2n) is 5.36. The molecule has 0 saturated heterocycles. The standard InChI is InChI=1S/C15H22N2OS/c1-4-16-15(2,3)14(18)17-12-9-10-19-13-8-6-5-7-11(12)13/h5-8,12,16H,4,9-10H2,1-3H3,(H,17,18). The number of carbonyl (C=O) groups is 1. The fraction of sp³-hybridized carbons (Fsp3) is 0.533. The lowest BCUT2D eigenvalue weighted by atomic mass is 10.00. The molecule has 1 aromatic carbocycles. The first-order valence-corrected chi connectivity index (χ1v) is 7.81. The van der Waals surface area contributed by atoms with Crippen molar-refractivity contribution in [1.82, 2.24) is 10.6 Å². The summed E-state index contributed by atoms with van der Waals surface area (Å²) >= 11 is 1.87. The van der Waals surface area contributed by atoms with Gasteiger partial charge in [-0.05, 0) is 38.4 Å². The molecule has 0 fully saturated rings. The molecule has 1 unspecified atom stereocenters. The molecule has 0 aliphatic carbocycles. The Labute approximate surface area is 119 Å². The minimum absolute atomic E-state index is 0.0704. The molecule has 1 aliphatic heterocycles. The number of hydrogen-bond acceptors (Lipinski definition) is 3. The Bertz CT molecular complexity index is 459. The van der Waals surface area contributed by atoms with Crippen LogP contribution < -0.4 is 10.6 Å². The second-order valence-corrected chi connectivity index (χ2v) is 6.49. The van der Waals surface area contributed by atoms with E-state index in [9.17, 15) is 4.79 Å². The van der Waals surface area contributed by atoms with E-state index in [0.29, 0.717) is 0 Å². The first-order chi connectivity index (χ1) is 9.04. The fourth-order valence-electron chi connectivity index (χ4n) is 2.35. The predicted octanol–water partition coefficient (Wildman–Crippen LogP) is 2.73. The number of nitrogens with one attached hydrogen (secondary N) is 2. The van der Waals surface area contributed by atoms with E-state index in [1.807, 2.05) is 38.6 Å². The van der Waals surface area contributed by atoms with Gasteiger partial charge < -0.3 is 10.6 Å². The number of amides is 1. The molecule has 1 amide bonds. The van der Waals surface area contributed by atoms with Crippen LogP contribution in [0, 0.1) is 0 Å². The van der Waals surface area contributed by atoms with Gasteiger partial charge in [-0.2, -0.15) is 0 Å². The molecule has 0 aromatic heterocycles. The molecule has 2 rings (SSSR count). The summed E-state index contributed by atoms with van der Waals surface area (Å²) in [6, 6.07) is 8.49. The van der Waals surface area contributed by atoms with Gasteiger partial charge in [0.1, 0.15) is 0 Å². The third kappa shape index (κ3) is 3.31. The lowest BCUT2D eigenvalue weighted by molar-refractivity contribution is -0.127. The van der Waals surface area contributed by atoms with Crippen molar-refractivity contribution in [2.45, 2.75) is 43.7 Å². The smallest absolute Gasteiger partial charge is 0.240 e. The number of carbonyl (C=O) groups excluding carboxylic acids is 1. The monoisotopic (exact) mass is 278 g/mol. The fourth-order valence-corrected chi connectivity index (χ4v) is 3.48. The van der Waals surface area contributed by atoms with E-state index in [1.54, 1.807) is 0 Å². The molecule has 2 N–H and O–H groups in total. The SMILES string of the molecule is CCNC(C)(C)C(=O)NC1CCSc2ccccc21. The highest BCUT2D eigenvalue weighted by Crippen LogP contribution is 2.35. The topological polar surface area (TPSA) is 41.1 Å². The first kappa shape index (κ1) is 14.4. The second kappa shape index (κ2) is 5.97. The summed E-state index contributed by atoms with van der Waals surface area (Å²) in [5, 5.41) is 6.40. The molecule has 19 heavy (non-hydrogen) atoms. The third-order valence-corrected chi connectivity index (χ3v) is 4.57. The summed E-state index contributed by atoms with van der Waals surface area (Å²) in [4.78, 5) is 13.6. The largest absolute Gasteiger partial charge is 0.348 e. The number of fused-ring (bicyclic) bond motifs is 1. The number of benzene rings is 1. The summed E-state index contributed by atoms with van der Waals surface area (Å²) in [6.07, 6.45) is 0.996. The highest BCUT2D eigenvalue weighted by Gasteiger charge is 2.30. The molecule has 0 spiro atoms. The van der Waals surface area contributed by atoms with Crippen LogP contribution in [-0.2, 0) is 4.79 Å². The van der Waals surface area contributed by atoms with E-state index in [-0.39, 0.29) is 11.9 Å². The number of thioether (sulfide) groups is 1. The van der Waals surface area contributed by atoms with Crippen LogP contribution in [0.2, 0.25) is 0 Å². The van der Waals surface area contributed by atoms with Crippen molar-refractivity contribution < 1.29 is 4.79 Å². The third-order valence-electron chi connectivity index (χ3n) is 3.45. The van der Waals surface area contributed by atoms with Gasteiger partial charge in [0.15, 0.2) is 0 Å². The van der Waals surface area contributed by atoms with Gasteiger partial charge in [-0.15, -0.1) is 11.8 Å². The first-order valence-electron chi connectivity index (χ1n) is 6.82. The Balaban J connectivity index is 2.11. The lowest BCUT2D eigenvalue weighted by Crippen LogP contribution is -2.53. The van der Waals surface area contributed by atoms with Gasteiger partial charge in [0.25, 0.3) is 0 Å². The van der Waals surface area contributed by atoms with E-state index in [4.69, 9.17) is 0 Å². The zero-order chi connectivity index (χ0) is 13.9. The maximum absolute atomic E-state index is 12.4. The highest BCUT2D eigenvalue weighted by molar-refractivity contribution is 7.99. The van der Waals surface area contributed by atoms with Crippen molar-refractivity contribution in [2.75, 3.05) is 12.3 Å². The van der Waals surface area contributed by atoms with Crippen LogP contribution in [0.15, 0.2) is 29.2 Å². The average Bonchev–Trinajstić information content (AvgIpc) is 2.39. The van der Waals surface area contributed by atoms with Gasteiger partial charge in [0.2, 0.25) is 5.91 Å². The number of likely N-dealkylation sites (N-methyl/N-ethyl adjacent to an activating group) is 1. The molecule has 1 atom stereocenters. The van der Waals surface area contributed by atoms with Crippen LogP contribution in [0.5, 0.6) is 0 Å². The Morgan fingerprint density at radius 1 is 1.42 bits per heavy atom. The molecular formula is C15H22N2OS. The average molecular weight is 278 g/mol. The molecule has 1 heterocycles. The van der Waals surface area contributed by atoms with Gasteiger partial charge in [-0.1, -0.05) is 25.1 Å². The molecule has 3 nitrogen and oxygen atoms in total. The molecule has 0 radical (unpaired) electrons. The van der Waals surface area contributed by atoms with Gasteiger partial charge in [-0.25, -0.2) is 0 Å². The van der Waals surface area contributed by atoms with Crippen LogP contribution in [0.4, 0.5) is 0 Å². The molecular weight excluding hydrogens is 256 g/mol. The number of hydrogen-bond donors (Lipinski definition) is 2. The van der Waals surface area contributed by atoms with Crippen molar-refractivity contribution in [2.24, 2.45) is 0 Å². The molecule has 4 heteroatoms. The Kier molecular flexibility index (Phi) is 4.53. The maximum Gasteiger partial charge on any atom is 0.240 e. The maximum atomic E-state index is 12.4. The van der Waals surface area contributed by atoms with Crippen LogP contribution in [-0.4, -0.2) is 23.7 Å². The highest BCUT2D eigenvalue weighted by atomic mass is 32.2. The van der Waals surface area contributed by atoms with Crippen molar-refractivity contribution in [3.63, 3.8) is 0 Å². The molecule has 1 aromatic rings. The van der Waals surface area contributed by atoms with E-state index in [0.717, 1.165) is 18.7 Å². The van der Waals surface area contributed by atoms with Crippen LogP contribution in [0.25, 0.3) is 0 Å². The molecule has 0 saturated carbocycles. The van der Waals surface area contributed by atoms with E-state index < -0.39 is 5.54 Å². The van der Waals surface area contributed by atoms with Gasteiger partial charge in [0, 0.05) is 10.6 Å². The minimum atomic E-state index is -0.520. The Morgan fingerprint density at radius 3 is 2.89 bits per heavy atom. The van der Waals surface area contributed by atoms with E-state index >= 15 is 0 Å². The van der Waals surface area contributed by atoms with Crippen LogP contribution >= 0.6 is 11.8 Å². The zero-order valence-corrected chi connectivity index (χ0v) is 12.6. The quantitative estimate of drug-likeness (QED) is 0.890. The minimum Gasteiger partial charge on any atom is -0.348 e. The Morgan fingerprint density at radius 2 is 2.16 bits per heavy atom. The van der Waals surface area contributed by atoms with Crippen LogP contribution in [0.1, 0.15) is 38.8 Å². The van der Waals surface area contributed by atoms with Crippen molar-refractivity contribution in [3.8, 4) is 0 Å². The normalized spacial score (nSPS) is 18.8. The van der Waals surface area contributed by atoms with Crippen molar-refractivity contribution >= 4 is 17.7 Å². The van der Waals surface area contributed by atoms with Gasteiger partial charge in [-0.3, -0.25) is 4.79 Å².